The van der Waals surface area contributed by atoms with Gasteiger partial charge in [0.1, 0.15) is 5.75 Å². The van der Waals surface area contributed by atoms with Crippen molar-refractivity contribution in [2.75, 3.05) is 18.8 Å². The number of hydrogen-bond acceptors (Lipinski definition) is 4. The number of aromatic hydroxyl groups is 1. The van der Waals surface area contributed by atoms with Gasteiger partial charge in [0, 0.05) is 13.1 Å². The van der Waals surface area contributed by atoms with Crippen molar-refractivity contribution in [1.82, 2.24) is 4.31 Å². The lowest BCUT2D eigenvalue weighted by Crippen LogP contribution is -2.31. The Bertz CT molecular complexity index is 511. The van der Waals surface area contributed by atoms with E-state index < -0.39 is 10.0 Å². The van der Waals surface area contributed by atoms with E-state index in [4.69, 9.17) is 5.73 Å². The number of nitrogens with two attached hydrogens (primary N) is 1. The Kier molecular flexibility index (Phi) is 4.14. The fourth-order valence-corrected chi connectivity index (χ4v) is 2.84. The van der Waals surface area contributed by atoms with Crippen LogP contribution in [-0.2, 0) is 10.0 Å². The molecule has 0 bridgehead atoms. The number of sulfonamides is 1. The number of benzene rings is 1. The molecule has 0 aliphatic carbocycles. The van der Waals surface area contributed by atoms with Crippen LogP contribution in [0.1, 0.15) is 6.92 Å². The molecule has 0 unspecified atom stereocenters. The first-order valence-corrected chi connectivity index (χ1v) is 6.57. The molecule has 0 spiro atoms. The summed E-state index contributed by atoms with van der Waals surface area (Å²) in [6, 6.07) is 3.84. The summed E-state index contributed by atoms with van der Waals surface area (Å²) in [5.41, 5.74) is 5.52. The zero-order valence-corrected chi connectivity index (χ0v) is 10.4. The third-order valence-corrected chi connectivity index (χ3v) is 4.26. The van der Waals surface area contributed by atoms with Gasteiger partial charge in [-0.1, -0.05) is 13.0 Å². The van der Waals surface area contributed by atoms with Crippen molar-refractivity contribution in [3.63, 3.8) is 0 Å². The number of phenols is 1. The van der Waals surface area contributed by atoms with Crippen LogP contribution in [0.25, 0.3) is 0 Å². The highest BCUT2D eigenvalue weighted by molar-refractivity contribution is 7.89. The second-order valence-corrected chi connectivity index (χ2v) is 5.40. The van der Waals surface area contributed by atoms with Crippen LogP contribution in [0.3, 0.4) is 0 Å². The van der Waals surface area contributed by atoms with Gasteiger partial charge in [-0.3, -0.25) is 0 Å². The summed E-state index contributed by atoms with van der Waals surface area (Å²) in [6.07, 6.45) is 1.52. The summed E-state index contributed by atoms with van der Waals surface area (Å²) >= 11 is 0. The average molecular weight is 256 g/mol. The molecule has 0 heterocycles. The molecule has 0 amide bonds. The van der Waals surface area contributed by atoms with Crippen LogP contribution in [-0.4, -0.2) is 30.9 Å². The van der Waals surface area contributed by atoms with E-state index in [1.807, 2.05) is 0 Å². The first-order chi connectivity index (χ1) is 7.93. The smallest absolute Gasteiger partial charge is 0.243 e. The van der Waals surface area contributed by atoms with E-state index in [0.717, 1.165) is 0 Å². The molecule has 94 valence electrons. The summed E-state index contributed by atoms with van der Waals surface area (Å²) in [6.45, 7) is 5.84. The molecular weight excluding hydrogens is 240 g/mol. The van der Waals surface area contributed by atoms with E-state index in [2.05, 4.69) is 6.58 Å². The normalized spacial score (nSPS) is 11.6. The molecule has 0 aliphatic rings. The zero-order valence-electron chi connectivity index (χ0n) is 9.63. The molecule has 3 N–H and O–H groups in total. The van der Waals surface area contributed by atoms with Crippen LogP contribution in [0, 0.1) is 0 Å². The second kappa shape index (κ2) is 5.20. The first-order valence-electron chi connectivity index (χ1n) is 5.13. The van der Waals surface area contributed by atoms with Gasteiger partial charge in [0.05, 0.1) is 10.6 Å². The van der Waals surface area contributed by atoms with Crippen molar-refractivity contribution in [2.24, 2.45) is 0 Å². The standard InChI is InChI=1S/C11H16N2O3S/c1-3-7-13(4-2)17(15,16)9-5-6-11(14)10(12)8-9/h3,5-6,8,14H,1,4,7,12H2,2H3. The lowest BCUT2D eigenvalue weighted by Gasteiger charge is -2.18. The molecule has 0 saturated heterocycles. The summed E-state index contributed by atoms with van der Waals surface area (Å²) < 4.78 is 25.6. The summed E-state index contributed by atoms with van der Waals surface area (Å²) in [4.78, 5) is 0.0662. The number of anilines is 1. The highest BCUT2D eigenvalue weighted by Crippen LogP contribution is 2.25. The van der Waals surface area contributed by atoms with E-state index in [0.29, 0.717) is 6.54 Å². The Labute approximate surface area is 101 Å². The van der Waals surface area contributed by atoms with Crippen LogP contribution in [0.5, 0.6) is 5.75 Å². The van der Waals surface area contributed by atoms with Crippen LogP contribution < -0.4 is 5.73 Å². The van der Waals surface area contributed by atoms with Crippen LogP contribution in [0.15, 0.2) is 35.7 Å². The number of nitrogens with zero attached hydrogens (tertiary/aromatic N) is 1. The molecule has 0 radical (unpaired) electrons. The predicted molar refractivity (Wildman–Crippen MR) is 67.1 cm³/mol. The van der Waals surface area contributed by atoms with Gasteiger partial charge in [0.25, 0.3) is 0 Å². The topological polar surface area (TPSA) is 83.6 Å². The minimum absolute atomic E-state index is 0.0423. The highest BCUT2D eigenvalue weighted by Gasteiger charge is 2.22. The van der Waals surface area contributed by atoms with Crippen LogP contribution in [0.4, 0.5) is 5.69 Å². The minimum atomic E-state index is -3.58. The molecule has 6 heteroatoms. The fourth-order valence-electron chi connectivity index (χ4n) is 1.38. The van der Waals surface area contributed by atoms with Gasteiger partial charge in [-0.05, 0) is 18.2 Å². The van der Waals surface area contributed by atoms with Crippen molar-refractivity contribution in [3.05, 3.63) is 30.9 Å². The largest absolute Gasteiger partial charge is 0.506 e. The number of nitrogen functional groups attached to an aromatic ring is 1. The Morgan fingerprint density at radius 1 is 1.53 bits per heavy atom. The lowest BCUT2D eigenvalue weighted by molar-refractivity contribution is 0.459. The molecule has 1 aromatic carbocycles. The van der Waals surface area contributed by atoms with Gasteiger partial charge < -0.3 is 10.8 Å². The van der Waals surface area contributed by atoms with Gasteiger partial charge in [-0.15, -0.1) is 6.58 Å². The van der Waals surface area contributed by atoms with Gasteiger partial charge in [0.2, 0.25) is 10.0 Å². The van der Waals surface area contributed by atoms with Crippen LogP contribution in [0.2, 0.25) is 0 Å². The third kappa shape index (κ3) is 2.78. The highest BCUT2D eigenvalue weighted by atomic mass is 32.2. The van der Waals surface area contributed by atoms with E-state index in [1.54, 1.807) is 6.92 Å². The van der Waals surface area contributed by atoms with Gasteiger partial charge in [-0.25, -0.2) is 8.42 Å². The average Bonchev–Trinajstić information content (AvgIpc) is 2.29. The SMILES string of the molecule is C=CCN(CC)S(=O)(=O)c1ccc(O)c(N)c1. The Hall–Kier alpha value is -1.53. The Balaban J connectivity index is 3.20. The first kappa shape index (κ1) is 13.5. The maximum atomic E-state index is 12.2. The number of phenolic OH excluding ortho intramolecular Hbond substituents is 1. The summed E-state index contributed by atoms with van der Waals surface area (Å²) in [7, 11) is -3.58. The van der Waals surface area contributed by atoms with Crippen molar-refractivity contribution in [1.29, 1.82) is 0 Å². The predicted octanol–water partition coefficient (Wildman–Crippen LogP) is 1.17. The van der Waals surface area contributed by atoms with E-state index in [9.17, 15) is 13.5 Å². The molecule has 0 aromatic heterocycles. The second-order valence-electron chi connectivity index (χ2n) is 3.46. The number of hydrogen-bond donors (Lipinski definition) is 2. The van der Waals surface area contributed by atoms with Crippen LogP contribution >= 0.6 is 0 Å². The molecule has 5 nitrogen and oxygen atoms in total. The fraction of sp³-hybridized carbons (Fsp3) is 0.273. The van der Waals surface area contributed by atoms with Gasteiger partial charge in [-0.2, -0.15) is 4.31 Å². The molecule has 0 fully saturated rings. The quantitative estimate of drug-likeness (QED) is 0.470. The maximum Gasteiger partial charge on any atom is 0.243 e. The Morgan fingerprint density at radius 3 is 2.65 bits per heavy atom. The molecule has 1 aromatic rings. The minimum Gasteiger partial charge on any atom is -0.506 e. The van der Waals surface area contributed by atoms with E-state index >= 15 is 0 Å². The molecule has 0 saturated carbocycles. The van der Waals surface area contributed by atoms with Gasteiger partial charge >= 0.3 is 0 Å². The summed E-state index contributed by atoms with van der Waals surface area (Å²) in [5.74, 6) is -0.129. The summed E-state index contributed by atoms with van der Waals surface area (Å²) in [5, 5.41) is 9.26. The molecule has 0 aliphatic heterocycles. The molecule has 1 rings (SSSR count). The van der Waals surface area contributed by atoms with Crippen molar-refractivity contribution >= 4 is 15.7 Å². The monoisotopic (exact) mass is 256 g/mol. The number of rotatable bonds is 5. The molecule has 0 atom stereocenters. The zero-order chi connectivity index (χ0) is 13.1. The van der Waals surface area contributed by atoms with Crippen molar-refractivity contribution in [3.8, 4) is 5.75 Å². The van der Waals surface area contributed by atoms with Gasteiger partial charge in [0.15, 0.2) is 0 Å². The van der Waals surface area contributed by atoms with Crippen molar-refractivity contribution in [2.45, 2.75) is 11.8 Å². The third-order valence-electron chi connectivity index (χ3n) is 2.32. The maximum absolute atomic E-state index is 12.2. The Morgan fingerprint density at radius 2 is 2.18 bits per heavy atom. The van der Waals surface area contributed by atoms with Crippen molar-refractivity contribution < 1.29 is 13.5 Å². The van der Waals surface area contributed by atoms with E-state index in [1.165, 1.54) is 28.6 Å². The lowest BCUT2D eigenvalue weighted by atomic mass is 10.3. The molecule has 17 heavy (non-hydrogen) atoms. The molecular formula is C11H16N2O3S. The number of likely N-dealkylation sites (N-methyl/N-ethyl adjacent to an activating group) is 1. The van der Waals surface area contributed by atoms with E-state index in [-0.39, 0.29) is 22.9 Å².